The number of benzene rings is 2. The van der Waals surface area contributed by atoms with Gasteiger partial charge >= 0.3 is 0 Å². The summed E-state index contributed by atoms with van der Waals surface area (Å²) in [5.74, 6) is 3.59. The van der Waals surface area contributed by atoms with Gasteiger partial charge in [0.1, 0.15) is 5.75 Å². The molecule has 2 aliphatic rings. The summed E-state index contributed by atoms with van der Waals surface area (Å²) in [5.41, 5.74) is 2.27. The van der Waals surface area contributed by atoms with Crippen molar-refractivity contribution in [2.75, 3.05) is 6.79 Å². The third-order valence-electron chi connectivity index (χ3n) is 4.48. The minimum Gasteiger partial charge on any atom is -0.480 e. The first-order chi connectivity index (χ1) is 12.3. The Hall–Kier alpha value is -3.02. The van der Waals surface area contributed by atoms with Gasteiger partial charge in [0.05, 0.1) is 0 Å². The zero-order chi connectivity index (χ0) is 16.6. The topological polar surface area (TPSA) is 66.6 Å². The first-order valence-electron chi connectivity index (χ1n) is 8.31. The van der Waals surface area contributed by atoms with Crippen molar-refractivity contribution < 1.29 is 18.7 Å². The third kappa shape index (κ3) is 2.69. The smallest absolute Gasteiger partial charge is 0.267 e. The van der Waals surface area contributed by atoms with Gasteiger partial charge in [-0.05, 0) is 42.2 Å². The second-order valence-corrected chi connectivity index (χ2v) is 6.17. The van der Waals surface area contributed by atoms with Gasteiger partial charge in [0.25, 0.3) is 5.89 Å². The van der Waals surface area contributed by atoms with Crippen molar-refractivity contribution in [1.29, 1.82) is 0 Å². The van der Waals surface area contributed by atoms with Gasteiger partial charge in [0, 0.05) is 6.42 Å². The minimum atomic E-state index is -0.187. The lowest BCUT2D eigenvalue weighted by atomic mass is 10.0. The molecule has 6 nitrogen and oxygen atoms in total. The van der Waals surface area contributed by atoms with E-state index in [-0.39, 0.29) is 12.9 Å². The summed E-state index contributed by atoms with van der Waals surface area (Å²) >= 11 is 0. The van der Waals surface area contributed by atoms with E-state index >= 15 is 0 Å². The molecule has 1 atom stereocenters. The maximum absolute atomic E-state index is 6.01. The van der Waals surface area contributed by atoms with Gasteiger partial charge in [-0.2, -0.15) is 4.98 Å². The van der Waals surface area contributed by atoms with Gasteiger partial charge in [0.2, 0.25) is 6.79 Å². The third-order valence-corrected chi connectivity index (χ3v) is 4.48. The quantitative estimate of drug-likeness (QED) is 0.730. The van der Waals surface area contributed by atoms with Gasteiger partial charge in [0.15, 0.2) is 23.4 Å². The van der Waals surface area contributed by atoms with Crippen LogP contribution < -0.4 is 14.2 Å². The van der Waals surface area contributed by atoms with Crippen molar-refractivity contribution in [2.45, 2.75) is 25.4 Å². The molecule has 3 heterocycles. The normalized spacial score (nSPS) is 17.8. The first kappa shape index (κ1) is 14.3. The highest BCUT2D eigenvalue weighted by Gasteiger charge is 2.26. The fraction of sp³-hybridized carbons (Fsp3) is 0.263. The standard InChI is InChI=1S/C19H16N2O4/c1-2-4-14-13(3-1)6-8-16(24-14)19-20-18(21-25-19)10-12-5-7-15-17(9-12)23-11-22-15/h1-5,7,9,16H,6,8,10-11H2. The molecule has 2 aromatic carbocycles. The lowest BCUT2D eigenvalue weighted by Crippen LogP contribution is -2.15. The largest absolute Gasteiger partial charge is 0.480 e. The number of para-hydroxylation sites is 1. The summed E-state index contributed by atoms with van der Waals surface area (Å²) in [7, 11) is 0. The van der Waals surface area contributed by atoms with Crippen LogP contribution in [0.2, 0.25) is 0 Å². The molecule has 5 rings (SSSR count). The summed E-state index contributed by atoms with van der Waals surface area (Å²) in [4.78, 5) is 4.52. The molecule has 0 N–H and O–H groups in total. The Morgan fingerprint density at radius 1 is 1.00 bits per heavy atom. The maximum Gasteiger partial charge on any atom is 0.267 e. The van der Waals surface area contributed by atoms with Crippen LogP contribution in [0, 0.1) is 0 Å². The molecule has 126 valence electrons. The Kier molecular flexibility index (Phi) is 3.33. The minimum absolute atomic E-state index is 0.187. The Morgan fingerprint density at radius 3 is 2.92 bits per heavy atom. The molecule has 1 unspecified atom stereocenters. The summed E-state index contributed by atoms with van der Waals surface area (Å²) < 4.78 is 22.2. The Balaban J connectivity index is 1.32. The molecule has 0 spiro atoms. The number of fused-ring (bicyclic) bond motifs is 2. The molecule has 0 amide bonds. The summed E-state index contributed by atoms with van der Waals surface area (Å²) in [6, 6.07) is 13.9. The predicted molar refractivity (Wildman–Crippen MR) is 87.8 cm³/mol. The zero-order valence-corrected chi connectivity index (χ0v) is 13.5. The highest BCUT2D eigenvalue weighted by Crippen LogP contribution is 2.35. The van der Waals surface area contributed by atoms with Crippen molar-refractivity contribution in [2.24, 2.45) is 0 Å². The molecule has 6 heteroatoms. The van der Waals surface area contributed by atoms with E-state index in [1.54, 1.807) is 0 Å². The monoisotopic (exact) mass is 336 g/mol. The first-order valence-corrected chi connectivity index (χ1v) is 8.31. The van der Waals surface area contributed by atoms with Crippen molar-refractivity contribution in [3.63, 3.8) is 0 Å². The van der Waals surface area contributed by atoms with Crippen LogP contribution >= 0.6 is 0 Å². The number of hydrogen-bond acceptors (Lipinski definition) is 6. The number of ether oxygens (including phenoxy) is 3. The average Bonchev–Trinajstić information content (AvgIpc) is 3.30. The molecule has 0 fully saturated rings. The van der Waals surface area contributed by atoms with E-state index in [9.17, 15) is 0 Å². The van der Waals surface area contributed by atoms with E-state index in [0.717, 1.165) is 35.7 Å². The number of nitrogens with zero attached hydrogens (tertiary/aromatic N) is 2. The number of aryl methyl sites for hydroxylation is 1. The molecule has 3 aromatic rings. The van der Waals surface area contributed by atoms with E-state index in [4.69, 9.17) is 18.7 Å². The van der Waals surface area contributed by atoms with Gasteiger partial charge in [-0.15, -0.1) is 0 Å². The fourth-order valence-corrected chi connectivity index (χ4v) is 3.20. The van der Waals surface area contributed by atoms with Crippen LogP contribution in [0.5, 0.6) is 17.2 Å². The second kappa shape index (κ2) is 5.81. The molecule has 0 bridgehead atoms. The van der Waals surface area contributed by atoms with Crippen molar-refractivity contribution in [3.05, 3.63) is 65.3 Å². The number of rotatable bonds is 3. The maximum atomic E-state index is 6.01. The molecular weight excluding hydrogens is 320 g/mol. The van der Waals surface area contributed by atoms with Crippen LogP contribution in [0.1, 0.15) is 35.4 Å². The van der Waals surface area contributed by atoms with Crippen molar-refractivity contribution in [1.82, 2.24) is 10.1 Å². The summed E-state index contributed by atoms with van der Waals surface area (Å²) in [5, 5.41) is 4.10. The van der Waals surface area contributed by atoms with Gasteiger partial charge < -0.3 is 18.7 Å². The summed E-state index contributed by atoms with van der Waals surface area (Å²) in [6.07, 6.45) is 2.17. The lowest BCUT2D eigenvalue weighted by Gasteiger charge is -2.23. The second-order valence-electron chi connectivity index (χ2n) is 6.17. The number of hydrogen-bond donors (Lipinski definition) is 0. The Morgan fingerprint density at radius 2 is 1.92 bits per heavy atom. The van der Waals surface area contributed by atoms with Gasteiger partial charge in [-0.1, -0.05) is 29.4 Å². The zero-order valence-electron chi connectivity index (χ0n) is 13.5. The van der Waals surface area contributed by atoms with E-state index in [1.807, 2.05) is 36.4 Å². The van der Waals surface area contributed by atoms with Crippen LogP contribution in [0.15, 0.2) is 47.0 Å². The van der Waals surface area contributed by atoms with Gasteiger partial charge in [-0.3, -0.25) is 0 Å². The van der Waals surface area contributed by atoms with Crippen molar-refractivity contribution >= 4 is 0 Å². The van der Waals surface area contributed by atoms with E-state index in [1.165, 1.54) is 5.56 Å². The van der Waals surface area contributed by atoms with Crippen LogP contribution in [-0.2, 0) is 12.8 Å². The fourth-order valence-electron chi connectivity index (χ4n) is 3.20. The van der Waals surface area contributed by atoms with Crippen LogP contribution in [-0.4, -0.2) is 16.9 Å². The Bertz CT molecular complexity index is 921. The number of aromatic nitrogens is 2. The molecule has 0 radical (unpaired) electrons. The summed E-state index contributed by atoms with van der Waals surface area (Å²) in [6.45, 7) is 0.269. The van der Waals surface area contributed by atoms with E-state index < -0.39 is 0 Å². The lowest BCUT2D eigenvalue weighted by molar-refractivity contribution is 0.135. The molecule has 1 aromatic heterocycles. The van der Waals surface area contributed by atoms with E-state index in [0.29, 0.717) is 18.1 Å². The van der Waals surface area contributed by atoms with Crippen molar-refractivity contribution in [3.8, 4) is 17.2 Å². The van der Waals surface area contributed by atoms with Crippen LogP contribution in [0.4, 0.5) is 0 Å². The van der Waals surface area contributed by atoms with Gasteiger partial charge in [-0.25, -0.2) is 0 Å². The average molecular weight is 336 g/mol. The molecule has 0 saturated carbocycles. The molecule has 0 aliphatic carbocycles. The molecule has 2 aliphatic heterocycles. The molecular formula is C19H16N2O4. The highest BCUT2D eigenvalue weighted by molar-refractivity contribution is 5.45. The van der Waals surface area contributed by atoms with Crippen LogP contribution in [0.25, 0.3) is 0 Å². The van der Waals surface area contributed by atoms with E-state index in [2.05, 4.69) is 16.2 Å². The van der Waals surface area contributed by atoms with Crippen LogP contribution in [0.3, 0.4) is 0 Å². The SMILES string of the molecule is c1ccc2c(c1)CCC(c1nc(Cc3ccc4c(c3)OCO4)no1)O2. The molecule has 25 heavy (non-hydrogen) atoms. The predicted octanol–water partition coefficient (Wildman–Crippen LogP) is 3.46. The highest BCUT2D eigenvalue weighted by atomic mass is 16.7. The molecule has 0 saturated heterocycles. The Labute approximate surface area is 144 Å².